The first-order valence-corrected chi connectivity index (χ1v) is 2.97. The average molecular weight is 163 g/mol. The zero-order chi connectivity index (χ0) is 8.27. The minimum atomic E-state index is -0.977. The van der Waals surface area contributed by atoms with Crippen LogP contribution < -0.4 is 0 Å². The number of benzene rings is 1. The molecule has 1 N–H and O–H groups in total. The van der Waals surface area contributed by atoms with Gasteiger partial charge in [-0.05, 0) is 24.3 Å². The first-order chi connectivity index (χ1) is 5.24. The third-order valence-corrected chi connectivity index (χ3v) is 1.26. The highest BCUT2D eigenvalue weighted by molar-refractivity contribution is 5.87. The van der Waals surface area contributed by atoms with E-state index in [2.05, 4.69) is 0 Å². The fourth-order valence-corrected chi connectivity index (χ4v) is 0.687. The van der Waals surface area contributed by atoms with E-state index in [1.165, 1.54) is 24.3 Å². The van der Waals surface area contributed by atoms with Crippen LogP contribution in [0, 0.1) is 11.3 Å². The fraction of sp³-hybridized carbons (Fsp3) is 0.111. The van der Waals surface area contributed by atoms with Gasteiger partial charge in [-0.1, -0.05) is 7.43 Å². The largest absolute Gasteiger partial charge is 0.478 e. The van der Waals surface area contributed by atoms with Gasteiger partial charge in [0.2, 0.25) is 0 Å². The number of hydrogen-bond donors (Lipinski definition) is 1. The number of rotatable bonds is 1. The molecule has 62 valence electrons. The van der Waals surface area contributed by atoms with Crippen molar-refractivity contribution in [2.24, 2.45) is 0 Å². The van der Waals surface area contributed by atoms with E-state index in [9.17, 15) is 4.79 Å². The molecule has 0 fully saturated rings. The summed E-state index contributed by atoms with van der Waals surface area (Å²) in [7, 11) is 0. The molecular weight excluding hydrogens is 154 g/mol. The van der Waals surface area contributed by atoms with Gasteiger partial charge in [0.25, 0.3) is 0 Å². The van der Waals surface area contributed by atoms with Gasteiger partial charge in [0.1, 0.15) is 0 Å². The van der Waals surface area contributed by atoms with Crippen LogP contribution in [0.5, 0.6) is 0 Å². The van der Waals surface area contributed by atoms with Crippen LogP contribution in [0.3, 0.4) is 0 Å². The van der Waals surface area contributed by atoms with Crippen LogP contribution in [0.1, 0.15) is 23.3 Å². The Morgan fingerprint density at radius 1 is 1.33 bits per heavy atom. The van der Waals surface area contributed by atoms with E-state index >= 15 is 0 Å². The Morgan fingerprint density at radius 2 is 1.83 bits per heavy atom. The molecule has 0 radical (unpaired) electrons. The summed E-state index contributed by atoms with van der Waals surface area (Å²) in [5, 5.41) is 16.8. The van der Waals surface area contributed by atoms with Crippen molar-refractivity contribution in [3.8, 4) is 6.07 Å². The Hall–Kier alpha value is -1.82. The molecule has 0 atom stereocenters. The summed E-state index contributed by atoms with van der Waals surface area (Å²) in [6.45, 7) is 0. The van der Waals surface area contributed by atoms with Crippen LogP contribution in [-0.2, 0) is 0 Å². The molecule has 0 unspecified atom stereocenters. The number of hydrogen-bond acceptors (Lipinski definition) is 2. The van der Waals surface area contributed by atoms with E-state index in [0.717, 1.165) is 0 Å². The Balaban J connectivity index is 0.00000121. The maximum atomic E-state index is 10.3. The third-order valence-electron chi connectivity index (χ3n) is 1.26. The van der Waals surface area contributed by atoms with Crippen molar-refractivity contribution in [1.82, 2.24) is 0 Å². The van der Waals surface area contributed by atoms with E-state index < -0.39 is 5.97 Å². The van der Waals surface area contributed by atoms with Gasteiger partial charge in [0, 0.05) is 0 Å². The summed E-state index contributed by atoms with van der Waals surface area (Å²) >= 11 is 0. The van der Waals surface area contributed by atoms with Crippen LogP contribution in [0.25, 0.3) is 0 Å². The van der Waals surface area contributed by atoms with Gasteiger partial charge in [0.05, 0.1) is 17.2 Å². The van der Waals surface area contributed by atoms with Gasteiger partial charge in [-0.2, -0.15) is 5.26 Å². The van der Waals surface area contributed by atoms with Crippen molar-refractivity contribution in [3.05, 3.63) is 35.4 Å². The summed E-state index contributed by atoms with van der Waals surface area (Å²) in [5.41, 5.74) is 0.666. The minimum Gasteiger partial charge on any atom is -0.478 e. The maximum absolute atomic E-state index is 10.3. The van der Waals surface area contributed by atoms with Crippen molar-refractivity contribution in [3.63, 3.8) is 0 Å². The molecule has 0 aliphatic heterocycles. The molecule has 1 aromatic carbocycles. The molecule has 3 heteroatoms. The Bertz CT molecular complexity index is 308. The van der Waals surface area contributed by atoms with Crippen molar-refractivity contribution >= 4 is 5.97 Å². The van der Waals surface area contributed by atoms with Crippen molar-refractivity contribution in [2.45, 2.75) is 7.43 Å². The number of aromatic carboxylic acids is 1. The molecule has 3 nitrogen and oxygen atoms in total. The highest BCUT2D eigenvalue weighted by atomic mass is 16.4. The summed E-state index contributed by atoms with van der Waals surface area (Å²) in [6, 6.07) is 7.66. The molecule has 1 rings (SSSR count). The average Bonchev–Trinajstić information content (AvgIpc) is 2.05. The first-order valence-electron chi connectivity index (χ1n) is 2.97. The molecule has 12 heavy (non-hydrogen) atoms. The molecule has 0 bridgehead atoms. The summed E-state index contributed by atoms with van der Waals surface area (Å²) in [5.74, 6) is -0.977. The van der Waals surface area contributed by atoms with Crippen LogP contribution in [0.15, 0.2) is 24.3 Å². The van der Waals surface area contributed by atoms with Crippen molar-refractivity contribution < 1.29 is 9.90 Å². The molecule has 0 amide bonds. The topological polar surface area (TPSA) is 61.1 Å². The highest BCUT2D eigenvalue weighted by Crippen LogP contribution is 2.02. The second-order valence-corrected chi connectivity index (χ2v) is 1.99. The lowest BCUT2D eigenvalue weighted by molar-refractivity contribution is 0.0697. The van der Waals surface area contributed by atoms with Crippen LogP contribution in [-0.4, -0.2) is 11.1 Å². The van der Waals surface area contributed by atoms with Gasteiger partial charge in [-0.25, -0.2) is 4.79 Å². The predicted molar refractivity (Wildman–Crippen MR) is 44.8 cm³/mol. The highest BCUT2D eigenvalue weighted by Gasteiger charge is 1.99. The SMILES string of the molecule is C.N#Cc1ccc(C(=O)O)cc1. The predicted octanol–water partition coefficient (Wildman–Crippen LogP) is 1.89. The fourth-order valence-electron chi connectivity index (χ4n) is 0.687. The van der Waals surface area contributed by atoms with Crippen LogP contribution >= 0.6 is 0 Å². The standard InChI is InChI=1S/C8H5NO2.CH4/c9-5-6-1-3-7(4-2-6)8(10)11;/h1-4H,(H,10,11);1H4. The Labute approximate surface area is 70.9 Å². The number of carboxylic acids is 1. The van der Waals surface area contributed by atoms with Gasteiger partial charge < -0.3 is 5.11 Å². The normalized spacial score (nSPS) is 7.92. The van der Waals surface area contributed by atoms with Gasteiger partial charge in [-0.15, -0.1) is 0 Å². The van der Waals surface area contributed by atoms with E-state index in [1.54, 1.807) is 0 Å². The quantitative estimate of drug-likeness (QED) is 0.687. The Morgan fingerprint density at radius 3 is 2.17 bits per heavy atom. The Kier molecular flexibility index (Phi) is 3.51. The van der Waals surface area contributed by atoms with Crippen molar-refractivity contribution in [2.75, 3.05) is 0 Å². The maximum Gasteiger partial charge on any atom is 0.335 e. The lowest BCUT2D eigenvalue weighted by Gasteiger charge is -1.91. The molecule has 0 aliphatic rings. The molecule has 0 spiro atoms. The second-order valence-electron chi connectivity index (χ2n) is 1.99. The molecule has 1 aromatic rings. The number of carboxylic acid groups (broad SMARTS) is 1. The zero-order valence-electron chi connectivity index (χ0n) is 5.61. The minimum absolute atomic E-state index is 0. The number of nitrogens with zero attached hydrogens (tertiary/aromatic N) is 1. The summed E-state index contributed by atoms with van der Waals surface area (Å²) in [6.07, 6.45) is 0. The van der Waals surface area contributed by atoms with Gasteiger partial charge in [0.15, 0.2) is 0 Å². The monoisotopic (exact) mass is 163 g/mol. The lowest BCUT2D eigenvalue weighted by Crippen LogP contribution is -1.94. The van der Waals surface area contributed by atoms with E-state index in [-0.39, 0.29) is 13.0 Å². The third kappa shape index (κ3) is 2.10. The molecule has 0 aliphatic carbocycles. The van der Waals surface area contributed by atoms with E-state index in [0.29, 0.717) is 5.56 Å². The van der Waals surface area contributed by atoms with Crippen LogP contribution in [0.4, 0.5) is 0 Å². The summed E-state index contributed by atoms with van der Waals surface area (Å²) < 4.78 is 0. The van der Waals surface area contributed by atoms with E-state index in [1.807, 2.05) is 6.07 Å². The second kappa shape index (κ2) is 4.14. The van der Waals surface area contributed by atoms with Gasteiger partial charge >= 0.3 is 5.97 Å². The van der Waals surface area contributed by atoms with Crippen LogP contribution in [0.2, 0.25) is 0 Å². The smallest absolute Gasteiger partial charge is 0.335 e. The summed E-state index contributed by atoms with van der Waals surface area (Å²) in [4.78, 5) is 10.3. The molecule has 0 aromatic heterocycles. The zero-order valence-corrected chi connectivity index (χ0v) is 5.61. The van der Waals surface area contributed by atoms with Gasteiger partial charge in [-0.3, -0.25) is 0 Å². The molecule has 0 heterocycles. The lowest BCUT2D eigenvalue weighted by atomic mass is 10.1. The molecule has 0 saturated heterocycles. The van der Waals surface area contributed by atoms with E-state index in [4.69, 9.17) is 10.4 Å². The number of nitriles is 1. The first kappa shape index (κ1) is 10.2. The van der Waals surface area contributed by atoms with Crippen molar-refractivity contribution in [1.29, 1.82) is 5.26 Å². The molecule has 0 saturated carbocycles. The number of carbonyl (C=O) groups is 1. The molecular formula is C9H9NO2.